The molecule has 0 amide bonds. The fraction of sp³-hybridized carbons (Fsp3) is 0.333. The highest BCUT2D eigenvalue weighted by atomic mass is 35.5. The zero-order valence-corrected chi connectivity index (χ0v) is 25.2. The Morgan fingerprint density at radius 2 is 1.80 bits per heavy atom. The average Bonchev–Trinajstić information content (AvgIpc) is 3.58. The molecule has 2 fully saturated rings. The third-order valence-corrected chi connectivity index (χ3v) is 8.50. The van der Waals surface area contributed by atoms with Crippen molar-refractivity contribution in [2.24, 2.45) is 11.8 Å². The van der Waals surface area contributed by atoms with Gasteiger partial charge in [0, 0.05) is 30.5 Å². The Hall–Kier alpha value is -3.55. The Morgan fingerprint density at radius 1 is 1.02 bits per heavy atom. The molecule has 0 radical (unpaired) electrons. The van der Waals surface area contributed by atoms with Gasteiger partial charge in [-0.3, -0.25) is 4.98 Å². The van der Waals surface area contributed by atoms with Crippen LogP contribution >= 0.6 is 23.8 Å². The first kappa shape index (κ1) is 27.6. The van der Waals surface area contributed by atoms with Gasteiger partial charge in [0.15, 0.2) is 5.11 Å². The number of aromatic nitrogens is 1. The predicted molar refractivity (Wildman–Crippen MR) is 170 cm³/mol. The zero-order chi connectivity index (χ0) is 28.5. The van der Waals surface area contributed by atoms with Crippen molar-refractivity contribution >= 4 is 40.3 Å². The molecule has 6 rings (SSSR count). The second-order valence-electron chi connectivity index (χ2n) is 11.1. The first-order valence-corrected chi connectivity index (χ1v) is 15.1. The summed E-state index contributed by atoms with van der Waals surface area (Å²) < 4.78 is 12.1. The number of hydrogen-bond acceptors (Lipinski definition) is 5. The smallest absolute Gasteiger partial charge is 0.174 e. The highest BCUT2D eigenvalue weighted by Crippen LogP contribution is 2.44. The predicted octanol–water partition coefficient (Wildman–Crippen LogP) is 8.05. The molecule has 4 aromatic rings. The van der Waals surface area contributed by atoms with Gasteiger partial charge in [0.25, 0.3) is 0 Å². The van der Waals surface area contributed by atoms with Crippen molar-refractivity contribution in [3.8, 4) is 17.1 Å². The SMILES string of the molecule is CCOc1ccc(-c2ccc([C@@H]3[C@H](c4ccccn4)NC(=S)N3c3ccc(N4C[C@H](C)C[C@H](C)C4)c(Cl)c3)o2)cc1. The van der Waals surface area contributed by atoms with E-state index in [2.05, 4.69) is 46.1 Å². The first-order valence-electron chi connectivity index (χ1n) is 14.3. The molecule has 0 aliphatic carbocycles. The summed E-state index contributed by atoms with van der Waals surface area (Å²) in [5.41, 5.74) is 3.85. The highest BCUT2D eigenvalue weighted by Gasteiger charge is 2.43. The van der Waals surface area contributed by atoms with Crippen LogP contribution in [0.3, 0.4) is 0 Å². The summed E-state index contributed by atoms with van der Waals surface area (Å²) in [6.45, 7) is 9.26. The number of furan rings is 1. The van der Waals surface area contributed by atoms with Gasteiger partial charge in [0.1, 0.15) is 23.3 Å². The second-order valence-corrected chi connectivity index (χ2v) is 11.9. The minimum Gasteiger partial charge on any atom is -0.494 e. The van der Waals surface area contributed by atoms with E-state index in [0.717, 1.165) is 58.0 Å². The highest BCUT2D eigenvalue weighted by molar-refractivity contribution is 7.80. The fourth-order valence-electron chi connectivity index (χ4n) is 6.23. The number of thiocarbonyl (C=S) groups is 1. The minimum atomic E-state index is -0.259. The van der Waals surface area contributed by atoms with E-state index in [1.54, 1.807) is 6.20 Å². The number of rotatable bonds is 7. The van der Waals surface area contributed by atoms with E-state index in [9.17, 15) is 0 Å². The number of nitrogens with zero attached hydrogens (tertiary/aromatic N) is 3. The lowest BCUT2D eigenvalue weighted by Gasteiger charge is -2.37. The van der Waals surface area contributed by atoms with Gasteiger partial charge in [-0.05, 0) is 104 Å². The van der Waals surface area contributed by atoms with Gasteiger partial charge in [-0.2, -0.15) is 0 Å². The molecule has 2 saturated heterocycles. The maximum absolute atomic E-state index is 6.97. The number of anilines is 2. The molecule has 0 bridgehead atoms. The molecule has 1 N–H and O–H groups in total. The average molecular weight is 587 g/mol. The molecule has 2 aliphatic rings. The molecule has 2 aromatic carbocycles. The molecular formula is C33H35ClN4O2S. The van der Waals surface area contributed by atoms with Gasteiger partial charge in [0.2, 0.25) is 0 Å². The second kappa shape index (κ2) is 11.7. The van der Waals surface area contributed by atoms with Crippen LogP contribution < -0.4 is 19.9 Å². The maximum Gasteiger partial charge on any atom is 0.174 e. The van der Waals surface area contributed by atoms with Crippen molar-refractivity contribution in [1.82, 2.24) is 10.3 Å². The monoisotopic (exact) mass is 586 g/mol. The van der Waals surface area contributed by atoms with Crippen LogP contribution in [0.4, 0.5) is 11.4 Å². The quantitative estimate of drug-likeness (QED) is 0.220. The van der Waals surface area contributed by atoms with Gasteiger partial charge >= 0.3 is 0 Å². The van der Waals surface area contributed by atoms with Crippen molar-refractivity contribution in [2.75, 3.05) is 29.5 Å². The summed E-state index contributed by atoms with van der Waals surface area (Å²) in [4.78, 5) is 9.18. The molecule has 2 aromatic heterocycles. The van der Waals surface area contributed by atoms with E-state index in [1.165, 1.54) is 6.42 Å². The van der Waals surface area contributed by atoms with Crippen LogP contribution in [-0.2, 0) is 0 Å². The van der Waals surface area contributed by atoms with Crippen LogP contribution in [0, 0.1) is 11.8 Å². The fourth-order valence-corrected chi connectivity index (χ4v) is 6.87. The van der Waals surface area contributed by atoms with Crippen LogP contribution in [0.25, 0.3) is 11.3 Å². The van der Waals surface area contributed by atoms with Crippen LogP contribution in [0.2, 0.25) is 5.02 Å². The standard InChI is InChI=1S/C33H35ClN4O2S/c1-4-39-25-11-8-23(9-12-25)29-14-15-30(40-29)32-31(27-7-5-6-16-35-27)36-33(41)38(32)24-10-13-28(26(34)18-24)37-19-21(2)17-22(3)20-37/h5-16,18,21-22,31-32H,4,17,19-20H2,1-3H3,(H,36,41)/t21-,22+,31-,32+/m0/s1. The normalized spacial score (nSPS) is 22.6. The van der Waals surface area contributed by atoms with E-state index < -0.39 is 0 Å². The Balaban J connectivity index is 1.35. The van der Waals surface area contributed by atoms with Crippen molar-refractivity contribution in [3.05, 3.63) is 95.5 Å². The summed E-state index contributed by atoms with van der Waals surface area (Å²) in [6, 6.07) is 23.7. The van der Waals surface area contributed by atoms with Gasteiger partial charge in [-0.1, -0.05) is 31.5 Å². The van der Waals surface area contributed by atoms with Crippen LogP contribution in [0.15, 0.2) is 83.4 Å². The molecule has 4 heterocycles. The van der Waals surface area contributed by atoms with E-state index in [-0.39, 0.29) is 12.1 Å². The lowest BCUT2D eigenvalue weighted by Crippen LogP contribution is -2.38. The third-order valence-electron chi connectivity index (χ3n) is 7.89. The van der Waals surface area contributed by atoms with E-state index in [4.69, 9.17) is 33.0 Å². The Morgan fingerprint density at radius 3 is 2.49 bits per heavy atom. The topological polar surface area (TPSA) is 53.8 Å². The largest absolute Gasteiger partial charge is 0.494 e. The summed E-state index contributed by atoms with van der Waals surface area (Å²) >= 11 is 12.9. The Labute approximate surface area is 252 Å². The molecule has 8 heteroatoms. The van der Waals surface area contributed by atoms with Crippen molar-refractivity contribution in [1.29, 1.82) is 0 Å². The molecule has 0 saturated carbocycles. The summed E-state index contributed by atoms with van der Waals surface area (Å²) in [5, 5.41) is 4.84. The number of piperidine rings is 1. The number of ether oxygens (including phenoxy) is 1. The Kier molecular flexibility index (Phi) is 7.91. The van der Waals surface area contributed by atoms with Crippen LogP contribution in [-0.4, -0.2) is 29.8 Å². The summed E-state index contributed by atoms with van der Waals surface area (Å²) in [6.07, 6.45) is 3.05. The van der Waals surface area contributed by atoms with E-state index in [1.807, 2.05) is 67.6 Å². The minimum absolute atomic E-state index is 0.203. The summed E-state index contributed by atoms with van der Waals surface area (Å²) in [7, 11) is 0. The van der Waals surface area contributed by atoms with Crippen molar-refractivity contribution < 1.29 is 9.15 Å². The van der Waals surface area contributed by atoms with Gasteiger partial charge in [0.05, 0.1) is 29.1 Å². The van der Waals surface area contributed by atoms with Gasteiger partial charge in [-0.25, -0.2) is 0 Å². The van der Waals surface area contributed by atoms with Gasteiger partial charge < -0.3 is 24.3 Å². The third kappa shape index (κ3) is 5.66. The van der Waals surface area contributed by atoms with E-state index >= 15 is 0 Å². The first-order chi connectivity index (χ1) is 19.9. The lowest BCUT2D eigenvalue weighted by molar-refractivity contribution is 0.340. The Bertz CT molecular complexity index is 1500. The number of hydrogen-bond donors (Lipinski definition) is 1. The number of benzene rings is 2. The van der Waals surface area contributed by atoms with Crippen LogP contribution in [0.5, 0.6) is 5.75 Å². The van der Waals surface area contributed by atoms with Crippen molar-refractivity contribution in [2.45, 2.75) is 39.3 Å². The lowest BCUT2D eigenvalue weighted by atomic mass is 9.91. The van der Waals surface area contributed by atoms with Gasteiger partial charge in [-0.15, -0.1) is 0 Å². The molecule has 6 nitrogen and oxygen atoms in total. The molecule has 0 unspecified atom stereocenters. The van der Waals surface area contributed by atoms with E-state index in [0.29, 0.717) is 23.6 Å². The molecule has 4 atom stereocenters. The molecule has 41 heavy (non-hydrogen) atoms. The molecular weight excluding hydrogens is 552 g/mol. The summed E-state index contributed by atoms with van der Waals surface area (Å²) in [5.74, 6) is 3.68. The maximum atomic E-state index is 6.97. The number of halogens is 1. The van der Waals surface area contributed by atoms with Crippen molar-refractivity contribution in [3.63, 3.8) is 0 Å². The zero-order valence-electron chi connectivity index (χ0n) is 23.6. The molecule has 212 valence electrons. The number of pyridine rings is 1. The number of nitrogens with one attached hydrogen (secondary N) is 1. The van der Waals surface area contributed by atoms with Crippen LogP contribution in [0.1, 0.15) is 50.7 Å². The molecule has 0 spiro atoms. The molecule has 2 aliphatic heterocycles.